The zero-order valence-electron chi connectivity index (χ0n) is 9.14. The monoisotopic (exact) mass is 239 g/mol. The molecule has 0 unspecified atom stereocenters. The van der Waals surface area contributed by atoms with Gasteiger partial charge in [0.1, 0.15) is 0 Å². The summed E-state index contributed by atoms with van der Waals surface area (Å²) in [4.78, 5) is 15.0. The molecule has 1 rings (SSSR count). The summed E-state index contributed by atoms with van der Waals surface area (Å²) in [5, 5.41) is 10.6. The molecule has 6 heteroatoms. The average Bonchev–Trinajstić information content (AvgIpc) is 2.25. The summed E-state index contributed by atoms with van der Waals surface area (Å²) in [6, 6.07) is 3.00. The van der Waals surface area contributed by atoms with E-state index in [0.717, 1.165) is 11.3 Å². The fraction of sp³-hybridized carbons (Fsp3) is 0.300. The van der Waals surface area contributed by atoms with Gasteiger partial charge in [-0.1, -0.05) is 13.0 Å². The molecule has 0 bridgehead atoms. The lowest BCUT2D eigenvalue weighted by Gasteiger charge is -2.04. The van der Waals surface area contributed by atoms with Crippen LogP contribution in [0.25, 0.3) is 4.91 Å². The van der Waals surface area contributed by atoms with Crippen LogP contribution in [-0.4, -0.2) is 16.2 Å². The Balaban J connectivity index is 3.14. The summed E-state index contributed by atoms with van der Waals surface area (Å²) in [7, 11) is 0. The average molecular weight is 239 g/mol. The molecule has 5 nitrogen and oxygen atoms in total. The van der Waals surface area contributed by atoms with E-state index in [0.29, 0.717) is 5.69 Å². The van der Waals surface area contributed by atoms with Crippen molar-refractivity contribution < 1.29 is 4.92 Å². The number of hydrogen-bond donors (Lipinski definition) is 1. The SMILES string of the molecule is CC/C=C(\SC)c1ccc([N+](=O)[O-])c(N)n1. The highest BCUT2D eigenvalue weighted by atomic mass is 32.2. The number of pyridine rings is 1. The van der Waals surface area contributed by atoms with Gasteiger partial charge in [0, 0.05) is 11.0 Å². The van der Waals surface area contributed by atoms with Crippen LogP contribution in [0.5, 0.6) is 0 Å². The summed E-state index contributed by atoms with van der Waals surface area (Å²) >= 11 is 1.54. The third-order valence-corrected chi connectivity index (χ3v) is 2.78. The molecule has 0 aromatic carbocycles. The number of nitro groups is 1. The molecule has 0 radical (unpaired) electrons. The van der Waals surface area contributed by atoms with Crippen molar-refractivity contribution in [1.82, 2.24) is 4.98 Å². The van der Waals surface area contributed by atoms with Crippen molar-refractivity contribution >= 4 is 28.2 Å². The third-order valence-electron chi connectivity index (χ3n) is 1.96. The van der Waals surface area contributed by atoms with E-state index in [-0.39, 0.29) is 11.5 Å². The molecule has 1 aromatic heterocycles. The first-order valence-electron chi connectivity index (χ1n) is 4.75. The maximum absolute atomic E-state index is 10.6. The van der Waals surface area contributed by atoms with Crippen LogP contribution in [0, 0.1) is 10.1 Å². The summed E-state index contributed by atoms with van der Waals surface area (Å²) in [5.41, 5.74) is 6.05. The minimum absolute atomic E-state index is 0.0430. The molecule has 0 aliphatic heterocycles. The number of thioether (sulfide) groups is 1. The van der Waals surface area contributed by atoms with Crippen molar-refractivity contribution in [3.63, 3.8) is 0 Å². The highest BCUT2D eigenvalue weighted by molar-refractivity contribution is 8.07. The molecule has 0 aliphatic carbocycles. The predicted molar refractivity (Wildman–Crippen MR) is 67.1 cm³/mol. The Kier molecular flexibility index (Phi) is 4.30. The molecule has 16 heavy (non-hydrogen) atoms. The van der Waals surface area contributed by atoms with E-state index in [9.17, 15) is 10.1 Å². The molecule has 1 heterocycles. The van der Waals surface area contributed by atoms with E-state index < -0.39 is 4.92 Å². The first kappa shape index (κ1) is 12.5. The van der Waals surface area contributed by atoms with E-state index in [4.69, 9.17) is 5.73 Å². The highest BCUT2D eigenvalue weighted by Crippen LogP contribution is 2.27. The fourth-order valence-electron chi connectivity index (χ4n) is 1.24. The first-order chi connectivity index (χ1) is 7.60. The molecule has 1 aromatic rings. The maximum atomic E-state index is 10.6. The van der Waals surface area contributed by atoms with Crippen LogP contribution in [-0.2, 0) is 0 Å². The van der Waals surface area contributed by atoms with Gasteiger partial charge < -0.3 is 5.73 Å². The Labute approximate surface area is 97.9 Å². The van der Waals surface area contributed by atoms with Crippen LogP contribution in [0.4, 0.5) is 11.5 Å². The Morgan fingerprint density at radius 2 is 2.38 bits per heavy atom. The molecule has 0 aliphatic rings. The lowest BCUT2D eigenvalue weighted by atomic mass is 10.3. The van der Waals surface area contributed by atoms with Gasteiger partial charge in [0.05, 0.1) is 10.6 Å². The number of nitrogens with zero attached hydrogens (tertiary/aromatic N) is 2. The van der Waals surface area contributed by atoms with Gasteiger partial charge in [-0.2, -0.15) is 0 Å². The molecule has 0 fully saturated rings. The van der Waals surface area contributed by atoms with Gasteiger partial charge in [-0.3, -0.25) is 10.1 Å². The van der Waals surface area contributed by atoms with E-state index in [2.05, 4.69) is 4.98 Å². The van der Waals surface area contributed by atoms with Crippen molar-refractivity contribution in [2.75, 3.05) is 12.0 Å². The Morgan fingerprint density at radius 1 is 1.69 bits per heavy atom. The summed E-state index contributed by atoms with van der Waals surface area (Å²) in [6.07, 6.45) is 4.83. The fourth-order valence-corrected chi connectivity index (χ4v) is 1.89. The van der Waals surface area contributed by atoms with Crippen LogP contribution in [0.2, 0.25) is 0 Å². The molecular weight excluding hydrogens is 226 g/mol. The quantitative estimate of drug-likeness (QED) is 0.645. The van der Waals surface area contributed by atoms with Crippen molar-refractivity contribution in [2.24, 2.45) is 0 Å². The Morgan fingerprint density at radius 3 is 2.81 bits per heavy atom. The summed E-state index contributed by atoms with van der Waals surface area (Å²) in [5.74, 6) is -0.0430. The van der Waals surface area contributed by atoms with Crippen LogP contribution in [0.3, 0.4) is 0 Å². The van der Waals surface area contributed by atoms with Crippen molar-refractivity contribution in [3.8, 4) is 0 Å². The molecule has 86 valence electrons. The second kappa shape index (κ2) is 5.50. The van der Waals surface area contributed by atoms with Gasteiger partial charge >= 0.3 is 5.69 Å². The van der Waals surface area contributed by atoms with E-state index in [1.54, 1.807) is 17.8 Å². The maximum Gasteiger partial charge on any atom is 0.311 e. The number of nitrogens with two attached hydrogens (primary N) is 1. The summed E-state index contributed by atoms with van der Waals surface area (Å²) in [6.45, 7) is 2.02. The molecule has 2 N–H and O–H groups in total. The van der Waals surface area contributed by atoms with Gasteiger partial charge in [0.2, 0.25) is 5.82 Å². The van der Waals surface area contributed by atoms with Crippen LogP contribution in [0.1, 0.15) is 19.0 Å². The molecule has 0 amide bonds. The molecule has 0 saturated carbocycles. The van der Waals surface area contributed by atoms with Crippen LogP contribution < -0.4 is 5.73 Å². The Hall–Kier alpha value is -1.56. The normalized spacial score (nSPS) is 11.5. The van der Waals surface area contributed by atoms with Gasteiger partial charge in [-0.15, -0.1) is 11.8 Å². The molecule has 0 saturated heterocycles. The zero-order valence-corrected chi connectivity index (χ0v) is 9.95. The minimum atomic E-state index is -0.533. The molecular formula is C10H13N3O2S. The van der Waals surface area contributed by atoms with Crippen LogP contribution in [0.15, 0.2) is 18.2 Å². The topological polar surface area (TPSA) is 82.0 Å². The van der Waals surface area contributed by atoms with E-state index >= 15 is 0 Å². The van der Waals surface area contributed by atoms with Crippen molar-refractivity contribution in [2.45, 2.75) is 13.3 Å². The second-order valence-electron chi connectivity index (χ2n) is 3.04. The van der Waals surface area contributed by atoms with Crippen molar-refractivity contribution in [1.29, 1.82) is 0 Å². The number of hydrogen-bond acceptors (Lipinski definition) is 5. The van der Waals surface area contributed by atoms with Crippen LogP contribution >= 0.6 is 11.8 Å². The van der Waals surface area contributed by atoms with Gasteiger partial charge in [0.25, 0.3) is 0 Å². The first-order valence-corrected chi connectivity index (χ1v) is 5.98. The third kappa shape index (κ3) is 2.73. The zero-order chi connectivity index (χ0) is 12.1. The number of nitrogen functional groups attached to an aromatic ring is 1. The number of aromatic nitrogens is 1. The Bertz CT molecular complexity index is 432. The molecule has 0 spiro atoms. The van der Waals surface area contributed by atoms with Gasteiger partial charge in [-0.05, 0) is 18.7 Å². The lowest BCUT2D eigenvalue weighted by Crippen LogP contribution is -2.00. The lowest BCUT2D eigenvalue weighted by molar-refractivity contribution is -0.384. The van der Waals surface area contributed by atoms with Crippen molar-refractivity contribution in [3.05, 3.63) is 34.0 Å². The number of anilines is 1. The minimum Gasteiger partial charge on any atom is -0.378 e. The summed E-state index contributed by atoms with van der Waals surface area (Å²) < 4.78 is 0. The standard InChI is InChI=1S/C10H13N3O2S/c1-3-4-9(16-2)7-5-6-8(13(14)15)10(11)12-7/h4-6H,3H2,1-2H3,(H2,11,12)/b9-4-. The highest BCUT2D eigenvalue weighted by Gasteiger charge is 2.13. The largest absolute Gasteiger partial charge is 0.378 e. The van der Waals surface area contributed by atoms with E-state index in [1.165, 1.54) is 6.07 Å². The van der Waals surface area contributed by atoms with Gasteiger partial charge in [-0.25, -0.2) is 4.98 Å². The number of allylic oxidation sites excluding steroid dienone is 1. The number of rotatable bonds is 4. The van der Waals surface area contributed by atoms with Gasteiger partial charge in [0.15, 0.2) is 0 Å². The second-order valence-corrected chi connectivity index (χ2v) is 3.89. The van der Waals surface area contributed by atoms with E-state index in [1.807, 2.05) is 19.3 Å². The smallest absolute Gasteiger partial charge is 0.311 e. The molecule has 0 atom stereocenters. The predicted octanol–water partition coefficient (Wildman–Crippen LogP) is 2.69.